The molecule has 1 aromatic carbocycles. The second kappa shape index (κ2) is 5.02. The first kappa shape index (κ1) is 13.3. The maximum absolute atomic E-state index is 12.0. The molecule has 21 heavy (non-hydrogen) atoms. The minimum Gasteiger partial charge on any atom is -0.392 e. The first-order valence-corrected chi connectivity index (χ1v) is 6.42. The van der Waals surface area contributed by atoms with Gasteiger partial charge in [0.1, 0.15) is 11.5 Å². The van der Waals surface area contributed by atoms with Gasteiger partial charge in [0.2, 0.25) is 0 Å². The van der Waals surface area contributed by atoms with Crippen molar-refractivity contribution < 1.29 is 0 Å². The average Bonchev–Trinajstić information content (AvgIpc) is 2.48. The molecule has 0 fully saturated rings. The number of aromatic amines is 1. The van der Waals surface area contributed by atoms with E-state index >= 15 is 0 Å². The van der Waals surface area contributed by atoms with Crippen molar-refractivity contribution >= 4 is 28.2 Å². The molecule has 0 aliphatic carbocycles. The van der Waals surface area contributed by atoms with Crippen molar-refractivity contribution in [1.29, 1.82) is 0 Å². The van der Waals surface area contributed by atoms with Gasteiger partial charge in [0.05, 0.1) is 23.8 Å². The molecule has 0 aliphatic rings. The van der Waals surface area contributed by atoms with Crippen LogP contribution in [0.4, 0.5) is 5.69 Å². The lowest BCUT2D eigenvalue weighted by atomic mass is 10.2. The summed E-state index contributed by atoms with van der Waals surface area (Å²) < 4.78 is 1.23. The van der Waals surface area contributed by atoms with Crippen LogP contribution in [0.25, 0.3) is 10.9 Å². The van der Waals surface area contributed by atoms with Gasteiger partial charge < -0.3 is 10.7 Å². The van der Waals surface area contributed by atoms with Crippen molar-refractivity contribution in [3.63, 3.8) is 0 Å². The summed E-state index contributed by atoms with van der Waals surface area (Å²) in [6.45, 7) is 0.0489. The third-order valence-corrected chi connectivity index (χ3v) is 3.31. The molecule has 7 nitrogen and oxygen atoms in total. The van der Waals surface area contributed by atoms with Gasteiger partial charge in [-0.25, -0.2) is 9.97 Å². The number of halogens is 1. The number of nitrogen functional groups attached to an aromatic ring is 1. The van der Waals surface area contributed by atoms with E-state index in [2.05, 4.69) is 15.0 Å². The molecule has 0 unspecified atom stereocenters. The smallest absolute Gasteiger partial charge is 0.278 e. The number of hydrogen-bond acceptors (Lipinski definition) is 5. The molecule has 0 atom stereocenters. The van der Waals surface area contributed by atoms with Gasteiger partial charge in [-0.3, -0.25) is 14.2 Å². The number of nitrogens with zero attached hydrogens (tertiary/aromatic N) is 3. The Morgan fingerprint density at radius 3 is 2.86 bits per heavy atom. The summed E-state index contributed by atoms with van der Waals surface area (Å²) in [4.78, 5) is 34.6. The van der Waals surface area contributed by atoms with E-state index < -0.39 is 5.56 Å². The van der Waals surface area contributed by atoms with Gasteiger partial charge in [-0.05, 0) is 12.1 Å². The Bertz CT molecular complexity index is 947. The van der Waals surface area contributed by atoms with Crippen LogP contribution in [0.1, 0.15) is 5.82 Å². The normalized spacial score (nSPS) is 10.9. The van der Waals surface area contributed by atoms with Gasteiger partial charge in [-0.1, -0.05) is 23.7 Å². The maximum atomic E-state index is 12.0. The lowest BCUT2D eigenvalue weighted by Crippen LogP contribution is -2.26. The standard InChI is InChI=1S/C13H10ClN5O2/c14-11-10(15)13(21)19(6-16-11)5-9-17-8-4-2-1-3-7(8)12(20)18-9/h1-4,6H,5,15H2,(H,17,18,20). The van der Waals surface area contributed by atoms with E-state index in [1.807, 2.05) is 0 Å². The van der Waals surface area contributed by atoms with E-state index in [4.69, 9.17) is 17.3 Å². The summed E-state index contributed by atoms with van der Waals surface area (Å²) >= 11 is 5.67. The van der Waals surface area contributed by atoms with Gasteiger partial charge in [0.25, 0.3) is 11.1 Å². The molecule has 3 rings (SSSR count). The van der Waals surface area contributed by atoms with Crippen molar-refractivity contribution in [2.24, 2.45) is 0 Å². The molecule has 106 valence electrons. The van der Waals surface area contributed by atoms with E-state index in [0.717, 1.165) is 0 Å². The molecule has 0 saturated heterocycles. The number of rotatable bonds is 2. The van der Waals surface area contributed by atoms with Crippen molar-refractivity contribution in [2.75, 3.05) is 5.73 Å². The highest BCUT2D eigenvalue weighted by Gasteiger charge is 2.09. The van der Waals surface area contributed by atoms with Gasteiger partial charge >= 0.3 is 0 Å². The van der Waals surface area contributed by atoms with Gasteiger partial charge in [-0.2, -0.15) is 0 Å². The summed E-state index contributed by atoms with van der Waals surface area (Å²) in [6, 6.07) is 6.95. The van der Waals surface area contributed by atoms with Crippen LogP contribution < -0.4 is 16.9 Å². The number of aromatic nitrogens is 4. The molecule has 3 aromatic rings. The first-order chi connectivity index (χ1) is 10.1. The van der Waals surface area contributed by atoms with E-state index in [1.165, 1.54) is 10.9 Å². The first-order valence-electron chi connectivity index (χ1n) is 6.04. The summed E-state index contributed by atoms with van der Waals surface area (Å²) in [5, 5.41) is 0.443. The number of nitrogens with one attached hydrogen (secondary N) is 1. The zero-order valence-electron chi connectivity index (χ0n) is 10.7. The quantitative estimate of drug-likeness (QED) is 0.680. The van der Waals surface area contributed by atoms with Gasteiger partial charge in [0.15, 0.2) is 5.15 Å². The molecule has 0 radical (unpaired) electrons. The minimum atomic E-state index is -0.481. The summed E-state index contributed by atoms with van der Waals surface area (Å²) in [7, 11) is 0. The lowest BCUT2D eigenvalue weighted by Gasteiger charge is -2.07. The second-order valence-corrected chi connectivity index (χ2v) is 4.77. The Morgan fingerprint density at radius 1 is 1.29 bits per heavy atom. The Kier molecular flexibility index (Phi) is 3.19. The molecule has 0 aliphatic heterocycles. The Hall–Kier alpha value is -2.67. The van der Waals surface area contributed by atoms with Gasteiger partial charge in [-0.15, -0.1) is 0 Å². The van der Waals surface area contributed by atoms with Crippen LogP contribution in [0.15, 0.2) is 40.2 Å². The Morgan fingerprint density at radius 2 is 2.05 bits per heavy atom. The predicted molar refractivity (Wildman–Crippen MR) is 79.4 cm³/mol. The molecule has 2 aromatic heterocycles. The molecule has 2 heterocycles. The number of anilines is 1. The predicted octanol–water partition coefficient (Wildman–Crippen LogP) is 0.764. The number of H-pyrrole nitrogens is 1. The van der Waals surface area contributed by atoms with Crippen molar-refractivity contribution in [3.8, 4) is 0 Å². The highest BCUT2D eigenvalue weighted by atomic mass is 35.5. The highest BCUT2D eigenvalue weighted by molar-refractivity contribution is 6.31. The number of fused-ring (bicyclic) bond motifs is 1. The number of para-hydroxylation sites is 1. The van der Waals surface area contributed by atoms with E-state index in [0.29, 0.717) is 16.7 Å². The zero-order valence-corrected chi connectivity index (χ0v) is 11.5. The summed E-state index contributed by atoms with van der Waals surface area (Å²) in [5.41, 5.74) is 5.21. The molecular weight excluding hydrogens is 294 g/mol. The Labute approximate surface area is 123 Å². The van der Waals surface area contributed by atoms with E-state index in [9.17, 15) is 9.59 Å². The van der Waals surface area contributed by atoms with Crippen molar-refractivity contribution in [2.45, 2.75) is 6.54 Å². The van der Waals surface area contributed by atoms with Crippen LogP contribution in [0, 0.1) is 0 Å². The van der Waals surface area contributed by atoms with E-state index in [1.54, 1.807) is 24.3 Å². The van der Waals surface area contributed by atoms with Crippen LogP contribution in [0.3, 0.4) is 0 Å². The highest BCUT2D eigenvalue weighted by Crippen LogP contribution is 2.09. The average molecular weight is 304 g/mol. The third kappa shape index (κ3) is 2.38. The SMILES string of the molecule is Nc1c(Cl)ncn(Cc2nc3ccccc3c(=O)[nH]2)c1=O. The van der Waals surface area contributed by atoms with Crippen molar-refractivity contribution in [1.82, 2.24) is 19.5 Å². The number of nitrogens with two attached hydrogens (primary N) is 1. The van der Waals surface area contributed by atoms with Crippen LogP contribution in [0.2, 0.25) is 5.15 Å². The fourth-order valence-electron chi connectivity index (χ4n) is 1.97. The number of benzene rings is 1. The number of hydrogen-bond donors (Lipinski definition) is 2. The Balaban J connectivity index is 2.09. The summed E-state index contributed by atoms with van der Waals surface area (Å²) in [6.07, 6.45) is 1.26. The minimum absolute atomic E-state index is 0.0452. The monoisotopic (exact) mass is 303 g/mol. The third-order valence-electron chi connectivity index (χ3n) is 3.01. The van der Waals surface area contributed by atoms with Crippen molar-refractivity contribution in [3.05, 3.63) is 62.3 Å². The largest absolute Gasteiger partial charge is 0.392 e. The maximum Gasteiger partial charge on any atom is 0.278 e. The molecule has 0 amide bonds. The van der Waals surface area contributed by atoms with Crippen LogP contribution in [0.5, 0.6) is 0 Å². The molecule has 0 spiro atoms. The van der Waals surface area contributed by atoms with E-state index in [-0.39, 0.29) is 22.9 Å². The molecule has 8 heteroatoms. The zero-order chi connectivity index (χ0) is 15.0. The lowest BCUT2D eigenvalue weighted by molar-refractivity contribution is 0.701. The molecule has 0 saturated carbocycles. The fraction of sp³-hybridized carbons (Fsp3) is 0.0769. The fourth-order valence-corrected chi connectivity index (χ4v) is 2.09. The summed E-state index contributed by atoms with van der Waals surface area (Å²) in [5.74, 6) is 0.337. The topological polar surface area (TPSA) is 107 Å². The van der Waals surface area contributed by atoms with Crippen LogP contribution in [-0.2, 0) is 6.54 Å². The molecule has 0 bridgehead atoms. The van der Waals surface area contributed by atoms with Crippen LogP contribution in [-0.4, -0.2) is 19.5 Å². The van der Waals surface area contributed by atoms with Crippen LogP contribution >= 0.6 is 11.6 Å². The molecule has 3 N–H and O–H groups in total. The second-order valence-electron chi connectivity index (χ2n) is 4.41. The molecular formula is C13H10ClN5O2. The van der Waals surface area contributed by atoms with Gasteiger partial charge in [0, 0.05) is 0 Å².